The molecule has 1 fully saturated rings. The molecule has 118 valence electrons. The van der Waals surface area contributed by atoms with Crippen molar-refractivity contribution in [3.63, 3.8) is 0 Å². The zero-order chi connectivity index (χ0) is 16.5. The Bertz CT molecular complexity index is 946. The van der Waals surface area contributed by atoms with E-state index in [1.807, 2.05) is 36.5 Å². The van der Waals surface area contributed by atoms with Gasteiger partial charge >= 0.3 is 0 Å². The fraction of sp³-hybridized carbons (Fsp3) is 0.211. The highest BCUT2D eigenvalue weighted by Crippen LogP contribution is 2.37. The molecular weight excluding hydrogens is 300 g/mol. The number of nitrogens with one attached hydrogen (secondary N) is 2. The minimum absolute atomic E-state index is 0.116. The number of hydrogen-bond acceptors (Lipinski definition) is 2. The van der Waals surface area contributed by atoms with Crippen molar-refractivity contribution in [2.24, 2.45) is 0 Å². The van der Waals surface area contributed by atoms with Gasteiger partial charge in [0.05, 0.1) is 23.7 Å². The second-order valence-corrected chi connectivity index (χ2v) is 6.11. The molecule has 3 aromatic rings. The molecule has 1 saturated carbocycles. The Morgan fingerprint density at radius 1 is 1.25 bits per heavy atom. The van der Waals surface area contributed by atoms with Crippen LogP contribution in [-0.2, 0) is 6.54 Å². The molecule has 1 aromatic carbocycles. The number of nitriles is 1. The summed E-state index contributed by atoms with van der Waals surface area (Å²) in [7, 11) is 0. The van der Waals surface area contributed by atoms with E-state index in [1.165, 1.54) is 12.8 Å². The summed E-state index contributed by atoms with van der Waals surface area (Å²) in [5, 5.41) is 11.8. The molecule has 0 saturated heterocycles. The zero-order valence-electron chi connectivity index (χ0n) is 13.1. The Balaban J connectivity index is 1.56. The summed E-state index contributed by atoms with van der Waals surface area (Å²) in [5.74, 6) is 1.52. The summed E-state index contributed by atoms with van der Waals surface area (Å²) in [6.45, 7) is 0.432. The molecule has 2 aromatic heterocycles. The first-order valence-corrected chi connectivity index (χ1v) is 8.06. The van der Waals surface area contributed by atoms with Crippen molar-refractivity contribution in [3.8, 4) is 6.07 Å². The van der Waals surface area contributed by atoms with Crippen LogP contribution >= 0.6 is 0 Å². The molecule has 2 N–H and O–H groups in total. The third kappa shape index (κ3) is 2.63. The first-order chi connectivity index (χ1) is 11.8. The Labute approximate surface area is 139 Å². The van der Waals surface area contributed by atoms with Crippen LogP contribution in [0.5, 0.6) is 0 Å². The van der Waals surface area contributed by atoms with E-state index in [1.54, 1.807) is 12.1 Å². The van der Waals surface area contributed by atoms with E-state index in [2.05, 4.69) is 20.8 Å². The van der Waals surface area contributed by atoms with Crippen LogP contribution in [0.1, 0.15) is 46.2 Å². The van der Waals surface area contributed by atoms with Crippen molar-refractivity contribution < 1.29 is 9.20 Å². The number of pyridine rings is 1. The Morgan fingerprint density at radius 2 is 2.04 bits per heavy atom. The van der Waals surface area contributed by atoms with E-state index < -0.39 is 0 Å². The van der Waals surface area contributed by atoms with Gasteiger partial charge in [0.2, 0.25) is 5.69 Å². The predicted molar refractivity (Wildman–Crippen MR) is 88.3 cm³/mol. The molecular formula is C19H17N4O+. The number of hydrogen-bond donors (Lipinski definition) is 2. The Kier molecular flexibility index (Phi) is 3.51. The number of amides is 1. The van der Waals surface area contributed by atoms with Crippen LogP contribution in [0.25, 0.3) is 5.52 Å². The maximum atomic E-state index is 12.6. The molecule has 0 bridgehead atoms. The van der Waals surface area contributed by atoms with Crippen LogP contribution < -0.4 is 9.72 Å². The Morgan fingerprint density at radius 3 is 2.75 bits per heavy atom. The first-order valence-electron chi connectivity index (χ1n) is 8.06. The van der Waals surface area contributed by atoms with Crippen LogP contribution in [0, 0.1) is 11.3 Å². The van der Waals surface area contributed by atoms with Crippen molar-refractivity contribution in [2.45, 2.75) is 25.3 Å². The SMILES string of the molecule is N#Cc1ccc(CNC(=O)c2[nH]c(C3CC3)[n+]3ccccc23)cc1. The summed E-state index contributed by atoms with van der Waals surface area (Å²) in [6, 6.07) is 15.2. The zero-order valence-corrected chi connectivity index (χ0v) is 13.1. The lowest BCUT2D eigenvalue weighted by atomic mass is 10.1. The van der Waals surface area contributed by atoms with E-state index in [0.717, 1.165) is 16.9 Å². The van der Waals surface area contributed by atoms with Crippen molar-refractivity contribution in [1.82, 2.24) is 10.3 Å². The fourth-order valence-corrected chi connectivity index (χ4v) is 2.91. The molecule has 0 atom stereocenters. The summed E-state index contributed by atoms with van der Waals surface area (Å²) < 4.78 is 2.08. The highest BCUT2D eigenvalue weighted by atomic mass is 16.1. The number of fused-ring (bicyclic) bond motifs is 1. The highest BCUT2D eigenvalue weighted by molar-refractivity contribution is 5.97. The van der Waals surface area contributed by atoms with E-state index in [9.17, 15) is 4.79 Å². The van der Waals surface area contributed by atoms with Gasteiger partial charge in [-0.1, -0.05) is 18.2 Å². The first kappa shape index (κ1) is 14.5. The number of aromatic amines is 1. The molecule has 0 aliphatic heterocycles. The lowest BCUT2D eigenvalue weighted by Crippen LogP contribution is -2.25. The van der Waals surface area contributed by atoms with Gasteiger partial charge in [0.1, 0.15) is 0 Å². The average Bonchev–Trinajstić information content (AvgIpc) is 3.40. The average molecular weight is 317 g/mol. The van der Waals surface area contributed by atoms with Crippen LogP contribution in [0.4, 0.5) is 0 Å². The van der Waals surface area contributed by atoms with Gasteiger partial charge in [-0.25, -0.2) is 4.98 Å². The van der Waals surface area contributed by atoms with Gasteiger partial charge in [-0.2, -0.15) is 9.66 Å². The summed E-state index contributed by atoms with van der Waals surface area (Å²) in [6.07, 6.45) is 4.34. The van der Waals surface area contributed by atoms with Crippen molar-refractivity contribution in [1.29, 1.82) is 5.26 Å². The summed E-state index contributed by atoms with van der Waals surface area (Å²) in [4.78, 5) is 15.9. The normalized spacial score (nSPS) is 13.6. The van der Waals surface area contributed by atoms with E-state index in [-0.39, 0.29) is 5.91 Å². The third-order valence-corrected chi connectivity index (χ3v) is 4.36. The van der Waals surface area contributed by atoms with Gasteiger partial charge in [0.15, 0.2) is 5.52 Å². The molecule has 1 aliphatic carbocycles. The second kappa shape index (κ2) is 5.82. The predicted octanol–water partition coefficient (Wildman–Crippen LogP) is 2.43. The maximum absolute atomic E-state index is 12.6. The lowest BCUT2D eigenvalue weighted by Gasteiger charge is -2.02. The molecule has 24 heavy (non-hydrogen) atoms. The van der Waals surface area contributed by atoms with Crippen LogP contribution in [0.15, 0.2) is 48.7 Å². The fourth-order valence-electron chi connectivity index (χ4n) is 2.91. The Hall–Kier alpha value is -3.13. The molecule has 0 radical (unpaired) electrons. The van der Waals surface area contributed by atoms with E-state index in [0.29, 0.717) is 23.7 Å². The van der Waals surface area contributed by atoms with Gasteiger partial charge in [0.25, 0.3) is 11.7 Å². The molecule has 5 heteroatoms. The van der Waals surface area contributed by atoms with Crippen LogP contribution in [-0.4, -0.2) is 10.9 Å². The lowest BCUT2D eigenvalue weighted by molar-refractivity contribution is -0.521. The topological polar surface area (TPSA) is 72.8 Å². The van der Waals surface area contributed by atoms with Gasteiger partial charge in [0, 0.05) is 6.54 Å². The number of H-pyrrole nitrogens is 1. The molecule has 0 spiro atoms. The van der Waals surface area contributed by atoms with Crippen LogP contribution in [0.3, 0.4) is 0 Å². The van der Waals surface area contributed by atoms with Gasteiger partial charge in [-0.05, 0) is 42.7 Å². The summed E-state index contributed by atoms with van der Waals surface area (Å²) >= 11 is 0. The minimum atomic E-state index is -0.116. The molecule has 1 aliphatic rings. The highest BCUT2D eigenvalue weighted by Gasteiger charge is 2.35. The third-order valence-electron chi connectivity index (χ3n) is 4.36. The van der Waals surface area contributed by atoms with Crippen molar-refractivity contribution in [3.05, 3.63) is 71.3 Å². The molecule has 5 nitrogen and oxygen atoms in total. The number of nitrogens with zero attached hydrogens (tertiary/aromatic N) is 2. The van der Waals surface area contributed by atoms with Crippen molar-refractivity contribution >= 4 is 11.4 Å². The number of carbonyl (C=O) groups is 1. The molecule has 1 amide bonds. The van der Waals surface area contributed by atoms with E-state index >= 15 is 0 Å². The van der Waals surface area contributed by atoms with Crippen LogP contribution in [0.2, 0.25) is 0 Å². The monoisotopic (exact) mass is 317 g/mol. The van der Waals surface area contributed by atoms with E-state index in [4.69, 9.17) is 5.26 Å². The number of aromatic nitrogens is 2. The number of rotatable bonds is 4. The minimum Gasteiger partial charge on any atom is -0.345 e. The molecule has 4 rings (SSSR count). The smallest absolute Gasteiger partial charge is 0.295 e. The van der Waals surface area contributed by atoms with Gasteiger partial charge in [-0.3, -0.25) is 4.79 Å². The molecule has 2 heterocycles. The van der Waals surface area contributed by atoms with Gasteiger partial charge < -0.3 is 5.32 Å². The van der Waals surface area contributed by atoms with Gasteiger partial charge in [-0.15, -0.1) is 0 Å². The summed E-state index contributed by atoms with van der Waals surface area (Å²) in [5.41, 5.74) is 3.09. The standard InChI is InChI=1S/C19H16N4O/c20-11-13-4-6-14(7-5-13)12-21-19(24)17-16-3-1-2-10-23(16)18(22-17)15-8-9-15/h1-7,10,15H,8-9,12H2,(H,21,24)/p+1. The number of benzene rings is 1. The number of imidazole rings is 1. The second-order valence-electron chi connectivity index (χ2n) is 6.11. The maximum Gasteiger partial charge on any atom is 0.295 e. The molecule has 0 unspecified atom stereocenters. The van der Waals surface area contributed by atoms with Crippen molar-refractivity contribution in [2.75, 3.05) is 0 Å². The largest absolute Gasteiger partial charge is 0.345 e. The quantitative estimate of drug-likeness (QED) is 0.725. The number of carbonyl (C=O) groups excluding carboxylic acids is 1.